The minimum atomic E-state index is -6.09. The van der Waals surface area contributed by atoms with Crippen molar-refractivity contribution in [1.82, 2.24) is 0 Å². The zero-order valence-corrected chi connectivity index (χ0v) is 29.3. The van der Waals surface area contributed by atoms with Gasteiger partial charge >= 0.3 is 11.0 Å². The predicted octanol–water partition coefficient (Wildman–Crippen LogP) is 7.31. The molecule has 0 heterocycles. The Kier molecular flexibility index (Phi) is 14.6. The number of alkyl halides is 6. The lowest BCUT2D eigenvalue weighted by atomic mass is 10.4. The molecule has 0 amide bonds. The second-order valence-electron chi connectivity index (χ2n) is 10.1. The van der Waals surface area contributed by atoms with Crippen LogP contribution in [0.2, 0.25) is 0 Å². The minimum absolute atomic E-state index is 0.298. The largest absolute Gasteiger partial charge is 0.741 e. The second-order valence-corrected chi connectivity index (χ2v) is 19.8. The summed E-state index contributed by atoms with van der Waals surface area (Å²) in [6.07, 6.45) is 2.71. The van der Waals surface area contributed by atoms with E-state index in [4.69, 9.17) is 25.9 Å². The lowest BCUT2D eigenvalue weighted by Gasteiger charge is -2.21. The number of rotatable bonds is 7. The third-order valence-electron chi connectivity index (χ3n) is 6.87. The van der Waals surface area contributed by atoms with Crippen molar-refractivity contribution in [3.63, 3.8) is 0 Å². The van der Waals surface area contributed by atoms with Gasteiger partial charge < -0.3 is 9.11 Å². The van der Waals surface area contributed by atoms with Crippen molar-refractivity contribution >= 4 is 56.0 Å². The number of hydrogen-bond donors (Lipinski definition) is 0. The number of benzene rings is 4. The summed E-state index contributed by atoms with van der Waals surface area (Å²) in [5.74, 6) is 0. The summed E-state index contributed by atoms with van der Waals surface area (Å²) < 4.78 is 150. The molecule has 0 fully saturated rings. The van der Waals surface area contributed by atoms with Crippen LogP contribution in [0.5, 0.6) is 0 Å². The molecule has 6 nitrogen and oxygen atoms in total. The summed E-state index contributed by atoms with van der Waals surface area (Å²) in [4.78, 5) is 0. The fraction of sp³-hybridized carbons (Fsp3) is 0.125. The average Bonchev–Trinajstić information content (AvgIpc) is 3.06. The topological polar surface area (TPSA) is 114 Å². The van der Waals surface area contributed by atoms with Gasteiger partial charge in [0, 0.05) is 12.2 Å². The molecular formula is C32H28F8O6P2S2. The van der Waals surface area contributed by atoms with Crippen LogP contribution in [0.4, 0.5) is 35.1 Å². The van der Waals surface area contributed by atoms with Gasteiger partial charge in [0.1, 0.15) is 35.7 Å². The van der Waals surface area contributed by atoms with Crippen LogP contribution in [0.3, 0.4) is 0 Å². The first kappa shape index (κ1) is 42.6. The molecule has 0 unspecified atom stereocenters. The highest BCUT2D eigenvalue weighted by atomic mass is 32.2. The van der Waals surface area contributed by atoms with Gasteiger partial charge in [0.25, 0.3) is 0 Å². The van der Waals surface area contributed by atoms with Crippen LogP contribution in [0.15, 0.2) is 145 Å². The van der Waals surface area contributed by atoms with Crippen molar-refractivity contribution < 1.29 is 61.1 Å². The minimum Gasteiger partial charge on any atom is -0.741 e. The van der Waals surface area contributed by atoms with Gasteiger partial charge in [-0.2, -0.15) is 35.1 Å². The Morgan fingerprint density at radius 2 is 0.640 bits per heavy atom. The molecule has 0 aromatic heterocycles. The Morgan fingerprint density at radius 3 is 0.780 bits per heavy atom. The number of hydrogen-bond acceptors (Lipinski definition) is 6. The number of halogens is 8. The Labute approximate surface area is 285 Å². The average molecular weight is 787 g/mol. The highest BCUT2D eigenvalue weighted by molar-refractivity contribution is 7.92. The van der Waals surface area contributed by atoms with Crippen LogP contribution < -0.4 is 21.2 Å². The van der Waals surface area contributed by atoms with E-state index < -0.39 is 45.8 Å². The first-order valence-electron chi connectivity index (χ1n) is 13.7. The molecule has 0 N–H and O–H groups in total. The Hall–Kier alpha value is -3.52. The smallest absolute Gasteiger partial charge is 0.485 e. The molecule has 0 saturated carbocycles. The zero-order chi connectivity index (χ0) is 38.0. The van der Waals surface area contributed by atoms with Crippen LogP contribution in [-0.4, -0.2) is 50.3 Å². The quantitative estimate of drug-likeness (QED) is 0.0639. The molecule has 4 aromatic carbocycles. The van der Waals surface area contributed by atoms with Gasteiger partial charge in [-0.15, -0.1) is 0 Å². The summed E-state index contributed by atoms with van der Waals surface area (Å²) >= 11 is 0. The van der Waals surface area contributed by atoms with Crippen molar-refractivity contribution in [3.8, 4) is 0 Å². The molecule has 50 heavy (non-hydrogen) atoms. The molecule has 0 aliphatic carbocycles. The van der Waals surface area contributed by atoms with Crippen molar-refractivity contribution in [2.45, 2.75) is 11.0 Å². The molecule has 0 spiro atoms. The van der Waals surface area contributed by atoms with Crippen LogP contribution in [-0.2, 0) is 20.2 Å². The van der Waals surface area contributed by atoms with Gasteiger partial charge in [0.15, 0.2) is 20.2 Å². The van der Waals surface area contributed by atoms with Crippen LogP contribution in [0.25, 0.3) is 0 Å². The molecule has 4 rings (SSSR count). The lowest BCUT2D eigenvalue weighted by Crippen LogP contribution is -2.22. The van der Waals surface area contributed by atoms with E-state index in [0.717, 1.165) is 21.2 Å². The molecular weight excluding hydrogens is 758 g/mol. The molecule has 0 aliphatic heterocycles. The summed E-state index contributed by atoms with van der Waals surface area (Å²) in [5.41, 5.74) is -11.9. The first-order chi connectivity index (χ1) is 23.0. The normalized spacial score (nSPS) is 13.4. The van der Waals surface area contributed by atoms with E-state index in [1.54, 1.807) is 0 Å². The zero-order valence-electron chi connectivity index (χ0n) is 25.9. The van der Waals surface area contributed by atoms with Crippen LogP contribution in [0.1, 0.15) is 0 Å². The maximum Gasteiger partial charge on any atom is 0.485 e. The van der Waals surface area contributed by atoms with E-state index in [9.17, 15) is 26.3 Å². The number of allylic oxidation sites excluding steroid dienone is 2. The van der Waals surface area contributed by atoms with Crippen LogP contribution in [0, 0.1) is 0 Å². The maximum atomic E-state index is 16.1. The summed E-state index contributed by atoms with van der Waals surface area (Å²) in [6.45, 7) is 3.91. The third-order valence-corrected chi connectivity index (χ3v) is 15.3. The molecule has 4 aromatic rings. The van der Waals surface area contributed by atoms with Gasteiger partial charge in [0.05, 0.1) is 13.3 Å². The van der Waals surface area contributed by atoms with Gasteiger partial charge in [-0.3, -0.25) is 0 Å². The second kappa shape index (κ2) is 17.1. The molecule has 0 bridgehead atoms. The SMILES string of the molecule is C[P+](/C(F)=C/C=C(\F)[P+](C)(c1ccccc1)c1ccccc1)(c1ccccc1)c1ccccc1.O=S(=O)([O-])C(F)(F)F.O=S(=O)([O-])C(F)(F)F. The summed E-state index contributed by atoms with van der Waals surface area (Å²) in [6, 6.07) is 38.8. The van der Waals surface area contributed by atoms with Gasteiger partial charge in [0.2, 0.25) is 11.1 Å². The predicted molar refractivity (Wildman–Crippen MR) is 180 cm³/mol. The van der Waals surface area contributed by atoms with Gasteiger partial charge in [-0.25, -0.2) is 16.8 Å². The van der Waals surface area contributed by atoms with Crippen molar-refractivity contribution in [3.05, 3.63) is 145 Å². The van der Waals surface area contributed by atoms with Crippen LogP contribution >= 0.6 is 14.5 Å². The van der Waals surface area contributed by atoms with E-state index in [0.29, 0.717) is 0 Å². The first-order valence-corrected chi connectivity index (χ1v) is 21.0. The summed E-state index contributed by atoms with van der Waals surface area (Å²) in [7, 11) is -17.2. The lowest BCUT2D eigenvalue weighted by molar-refractivity contribution is -0.0522. The van der Waals surface area contributed by atoms with E-state index in [1.807, 2.05) is 135 Å². The molecule has 270 valence electrons. The van der Waals surface area contributed by atoms with Crippen molar-refractivity contribution in [2.24, 2.45) is 0 Å². The van der Waals surface area contributed by atoms with Gasteiger partial charge in [-0.05, 0) is 48.5 Å². The van der Waals surface area contributed by atoms with E-state index in [2.05, 4.69) is 0 Å². The highest BCUT2D eigenvalue weighted by Crippen LogP contribution is 2.63. The van der Waals surface area contributed by atoms with Crippen molar-refractivity contribution in [1.29, 1.82) is 0 Å². The standard InChI is InChI=1S/C30H28F2P2.2CHF3O3S/c1-33(25-15-7-3-8-16-25,26-17-9-4-10-18-26)29(31)23-24-30(32)34(2,27-19-11-5-12-20-27)28-21-13-6-14-22-28;2*2-1(3,4)8(5,6)7/h3-24H,1-2H3;2*(H,5,6,7)/q+2;;/p-2/b29-23+,30-24+;;. The van der Waals surface area contributed by atoms with Crippen molar-refractivity contribution in [2.75, 3.05) is 13.3 Å². The fourth-order valence-corrected chi connectivity index (χ4v) is 9.53. The molecule has 0 atom stereocenters. The Bertz CT molecular complexity index is 1740. The highest BCUT2D eigenvalue weighted by Gasteiger charge is 2.45. The van der Waals surface area contributed by atoms with E-state index >= 15 is 8.78 Å². The van der Waals surface area contributed by atoms with E-state index in [-0.39, 0.29) is 11.1 Å². The molecule has 0 saturated heterocycles. The van der Waals surface area contributed by atoms with E-state index in [1.165, 1.54) is 12.2 Å². The summed E-state index contributed by atoms with van der Waals surface area (Å²) in [5, 5.41) is 3.69. The third kappa shape index (κ3) is 11.0. The molecule has 18 heteroatoms. The molecule has 0 aliphatic rings. The maximum absolute atomic E-state index is 16.1. The fourth-order valence-electron chi connectivity index (χ4n) is 4.13. The monoisotopic (exact) mass is 786 g/mol. The molecule has 0 radical (unpaired) electrons. The Balaban J connectivity index is 0.000000450. The Morgan fingerprint density at radius 1 is 0.480 bits per heavy atom. The van der Waals surface area contributed by atoms with Gasteiger partial charge in [-0.1, -0.05) is 72.8 Å².